The van der Waals surface area contributed by atoms with Gasteiger partial charge in [-0.1, -0.05) is 46.1 Å². The van der Waals surface area contributed by atoms with Crippen LogP contribution in [-0.2, 0) is 20.8 Å². The number of aromatic nitrogens is 2. The number of unbranched alkanes of at least 4 members (excludes halogenated alkanes) is 2. The van der Waals surface area contributed by atoms with Crippen molar-refractivity contribution in [2.45, 2.75) is 110 Å². The zero-order chi connectivity index (χ0) is 31.1. The predicted octanol–water partition coefficient (Wildman–Crippen LogP) is 5.58. The number of carbonyl (C=O) groups is 3. The second kappa shape index (κ2) is 14.6. The molecule has 1 aromatic heterocycles. The molecule has 0 bridgehead atoms. The van der Waals surface area contributed by atoms with Crippen molar-refractivity contribution in [2.24, 2.45) is 5.92 Å². The van der Waals surface area contributed by atoms with Crippen molar-refractivity contribution < 1.29 is 23.9 Å². The summed E-state index contributed by atoms with van der Waals surface area (Å²) in [6, 6.07) is 4.16. The van der Waals surface area contributed by atoms with Crippen LogP contribution < -0.4 is 20.4 Å². The van der Waals surface area contributed by atoms with Crippen molar-refractivity contribution in [3.8, 4) is 0 Å². The largest absolute Gasteiger partial charge is 0.480 e. The molecule has 4 rings (SSSR count). The monoisotopic (exact) mass is 596 g/mol. The summed E-state index contributed by atoms with van der Waals surface area (Å²) < 4.78 is 15.1. The zero-order valence-electron chi connectivity index (χ0n) is 25.7. The Morgan fingerprint density at radius 1 is 1.16 bits per heavy atom. The summed E-state index contributed by atoms with van der Waals surface area (Å²) in [5.74, 6) is -0.470. The highest BCUT2D eigenvalue weighted by atomic mass is 19.1. The molecule has 43 heavy (non-hydrogen) atoms. The van der Waals surface area contributed by atoms with Gasteiger partial charge in [-0.2, -0.15) is 4.98 Å². The second-order valence-corrected chi connectivity index (χ2v) is 12.2. The molecule has 2 aliphatic rings. The lowest BCUT2D eigenvalue weighted by Crippen LogP contribution is -2.55. The molecule has 234 valence electrons. The van der Waals surface area contributed by atoms with Gasteiger partial charge in [0.2, 0.25) is 17.8 Å². The molecular weight excluding hydrogens is 551 g/mol. The van der Waals surface area contributed by atoms with E-state index in [4.69, 9.17) is 4.98 Å². The number of fused-ring (bicyclic) bond motifs is 1. The van der Waals surface area contributed by atoms with Crippen LogP contribution in [0.25, 0.3) is 0 Å². The van der Waals surface area contributed by atoms with E-state index in [1.807, 2.05) is 26.8 Å². The van der Waals surface area contributed by atoms with Crippen LogP contribution in [0.2, 0.25) is 0 Å². The molecule has 0 unspecified atom stereocenters. The topological polar surface area (TPSA) is 128 Å². The molecule has 0 radical (unpaired) electrons. The van der Waals surface area contributed by atoms with Gasteiger partial charge in [-0.05, 0) is 68.6 Å². The van der Waals surface area contributed by atoms with Crippen LogP contribution in [0.15, 0.2) is 24.4 Å². The minimum Gasteiger partial charge on any atom is -0.480 e. The highest BCUT2D eigenvalue weighted by molar-refractivity contribution is 6.04. The number of rotatable bonds is 14. The lowest BCUT2D eigenvalue weighted by atomic mass is 10.0. The van der Waals surface area contributed by atoms with E-state index in [1.54, 1.807) is 24.2 Å². The van der Waals surface area contributed by atoms with Gasteiger partial charge in [-0.3, -0.25) is 9.59 Å². The Balaban J connectivity index is 1.33. The maximum atomic E-state index is 15.1. The van der Waals surface area contributed by atoms with Crippen molar-refractivity contribution in [1.29, 1.82) is 0 Å². The zero-order valence-corrected chi connectivity index (χ0v) is 25.7. The number of likely N-dealkylation sites (N-methyl/N-ethyl adjacent to an activating group) is 1. The third-order valence-corrected chi connectivity index (χ3v) is 8.40. The fourth-order valence-corrected chi connectivity index (χ4v) is 6.13. The van der Waals surface area contributed by atoms with Crippen LogP contribution >= 0.6 is 0 Å². The van der Waals surface area contributed by atoms with Crippen LogP contribution in [0.3, 0.4) is 0 Å². The van der Waals surface area contributed by atoms with E-state index in [9.17, 15) is 19.5 Å². The average Bonchev–Trinajstić information content (AvgIpc) is 3.50. The molecule has 2 heterocycles. The molecule has 1 aliphatic carbocycles. The molecule has 1 fully saturated rings. The van der Waals surface area contributed by atoms with Gasteiger partial charge in [0.15, 0.2) is 5.82 Å². The van der Waals surface area contributed by atoms with Crippen LogP contribution in [0.1, 0.15) is 90.5 Å². The first-order chi connectivity index (χ1) is 20.6. The Hall–Kier alpha value is -3.76. The minimum atomic E-state index is -1.01. The summed E-state index contributed by atoms with van der Waals surface area (Å²) in [6.45, 7) is 5.86. The highest BCUT2D eigenvalue weighted by Gasteiger charge is 2.41. The van der Waals surface area contributed by atoms with E-state index >= 15 is 4.39 Å². The Morgan fingerprint density at radius 2 is 1.91 bits per heavy atom. The Morgan fingerprint density at radius 3 is 2.56 bits per heavy atom. The smallest absolute Gasteiger partial charge is 0.326 e. The van der Waals surface area contributed by atoms with Crippen molar-refractivity contribution in [2.75, 3.05) is 22.2 Å². The summed E-state index contributed by atoms with van der Waals surface area (Å²) in [6.07, 6.45) is 10.1. The van der Waals surface area contributed by atoms with Gasteiger partial charge in [0.1, 0.15) is 23.6 Å². The molecule has 1 aliphatic heterocycles. The van der Waals surface area contributed by atoms with Crippen molar-refractivity contribution in [3.63, 3.8) is 0 Å². The molecule has 1 aromatic carbocycles. The number of hydrogen-bond donors (Lipinski definition) is 3. The van der Waals surface area contributed by atoms with Crippen molar-refractivity contribution in [1.82, 2.24) is 15.3 Å². The van der Waals surface area contributed by atoms with Gasteiger partial charge < -0.3 is 25.5 Å². The predicted molar refractivity (Wildman–Crippen MR) is 165 cm³/mol. The maximum absolute atomic E-state index is 15.1. The first-order valence-electron chi connectivity index (χ1n) is 15.6. The third-order valence-electron chi connectivity index (χ3n) is 8.40. The van der Waals surface area contributed by atoms with E-state index in [2.05, 4.69) is 20.5 Å². The maximum Gasteiger partial charge on any atom is 0.326 e. The lowest BCUT2D eigenvalue weighted by Gasteiger charge is -2.43. The third kappa shape index (κ3) is 8.00. The summed E-state index contributed by atoms with van der Waals surface area (Å²) >= 11 is 0. The van der Waals surface area contributed by atoms with Crippen molar-refractivity contribution >= 4 is 40.9 Å². The van der Waals surface area contributed by atoms with Crippen LogP contribution in [-0.4, -0.2) is 58.0 Å². The summed E-state index contributed by atoms with van der Waals surface area (Å²) in [7, 11) is 1.75. The van der Waals surface area contributed by atoms with Crippen LogP contribution in [0.5, 0.6) is 0 Å². The fourth-order valence-electron chi connectivity index (χ4n) is 6.13. The number of nitrogens with one attached hydrogen (secondary N) is 2. The number of aliphatic carboxylic acids is 1. The summed E-state index contributed by atoms with van der Waals surface area (Å²) in [5, 5.41) is 14.9. The van der Waals surface area contributed by atoms with E-state index < -0.39 is 17.8 Å². The highest BCUT2D eigenvalue weighted by Crippen LogP contribution is 2.40. The standard InChI is InChI=1S/C32H45FN6O4/c1-5-26-30(41)38(4)27-19-34-32(37-29(27)39(26)22-12-9-10-13-22)36-24-16-15-21(18-23(24)33)11-7-6-8-14-28(40)35-25(31(42)43)17-20(2)3/h15-16,18-20,22,25-26H,5-14,17H2,1-4H3,(H,35,40)(H,42,43)(H,34,36,37)/t25-,26+/m0/s1. The van der Waals surface area contributed by atoms with E-state index in [0.29, 0.717) is 37.2 Å². The van der Waals surface area contributed by atoms with Gasteiger partial charge in [0.05, 0.1) is 11.9 Å². The van der Waals surface area contributed by atoms with Crippen molar-refractivity contribution in [3.05, 3.63) is 35.8 Å². The second-order valence-electron chi connectivity index (χ2n) is 12.2. The Bertz CT molecular complexity index is 1300. The SMILES string of the molecule is CC[C@@H]1C(=O)N(C)c2cnc(Nc3ccc(CCCCCC(=O)N[C@@H](CC(C)C)C(=O)O)cc3F)nc2N1C1CCCC1. The average molecular weight is 597 g/mol. The molecule has 10 nitrogen and oxygen atoms in total. The van der Waals surface area contributed by atoms with Gasteiger partial charge in [-0.25, -0.2) is 14.2 Å². The number of anilines is 4. The number of aryl methyl sites for hydroxylation is 1. The molecule has 2 aromatic rings. The molecule has 3 N–H and O–H groups in total. The number of carboxylic acids is 1. The van der Waals surface area contributed by atoms with Gasteiger partial charge in [-0.15, -0.1) is 0 Å². The number of nitrogens with zero attached hydrogens (tertiary/aromatic N) is 4. The van der Waals surface area contributed by atoms with E-state index in [1.165, 1.54) is 6.07 Å². The molecule has 2 amide bonds. The Kier molecular flexibility index (Phi) is 10.9. The number of carboxylic acid groups (broad SMARTS) is 1. The number of halogens is 1. The summed E-state index contributed by atoms with van der Waals surface area (Å²) in [5.41, 5.74) is 1.78. The van der Waals surface area contributed by atoms with Gasteiger partial charge >= 0.3 is 5.97 Å². The number of carbonyl (C=O) groups excluding carboxylic acids is 2. The van der Waals surface area contributed by atoms with Gasteiger partial charge in [0, 0.05) is 19.5 Å². The molecular formula is C32H45FN6O4. The van der Waals surface area contributed by atoms with E-state index in [-0.39, 0.29) is 47.9 Å². The molecule has 0 saturated heterocycles. The first-order valence-corrected chi connectivity index (χ1v) is 15.6. The van der Waals surface area contributed by atoms with Crippen LogP contribution in [0, 0.1) is 11.7 Å². The Labute approximate surface area is 253 Å². The van der Waals surface area contributed by atoms with Crippen LogP contribution in [0.4, 0.5) is 27.5 Å². The molecule has 1 saturated carbocycles. The quantitative estimate of drug-likeness (QED) is 0.241. The number of amides is 2. The number of hydrogen-bond acceptors (Lipinski definition) is 7. The fraction of sp³-hybridized carbons (Fsp3) is 0.594. The minimum absolute atomic E-state index is 0.0459. The molecule has 0 spiro atoms. The number of benzene rings is 1. The van der Waals surface area contributed by atoms with Gasteiger partial charge in [0.25, 0.3) is 0 Å². The first kappa shape index (κ1) is 32.2. The molecule has 11 heteroatoms. The normalized spacial score (nSPS) is 17.7. The lowest BCUT2D eigenvalue weighted by molar-refractivity contribution is -0.142. The van der Waals surface area contributed by atoms with E-state index in [0.717, 1.165) is 44.1 Å². The molecule has 2 atom stereocenters. The summed E-state index contributed by atoms with van der Waals surface area (Å²) in [4.78, 5) is 49.6.